The third kappa shape index (κ3) is 4.21. The Morgan fingerprint density at radius 3 is 2.75 bits per heavy atom. The predicted octanol–water partition coefficient (Wildman–Crippen LogP) is 1.32. The normalized spacial score (nSPS) is 23.4. The highest BCUT2D eigenvalue weighted by molar-refractivity contribution is 5.92. The van der Waals surface area contributed by atoms with E-state index in [0.717, 1.165) is 24.5 Å². The Morgan fingerprint density at radius 2 is 2.10 bits per heavy atom. The summed E-state index contributed by atoms with van der Waals surface area (Å²) in [7, 11) is 1.62. The van der Waals surface area contributed by atoms with Crippen LogP contribution in [0.1, 0.15) is 13.8 Å². The predicted molar refractivity (Wildman–Crippen MR) is 80.1 cm³/mol. The van der Waals surface area contributed by atoms with E-state index in [-0.39, 0.29) is 5.91 Å². The number of carbonyl (C=O) groups is 1. The molecule has 1 amide bonds. The first-order valence-electron chi connectivity index (χ1n) is 6.99. The maximum Gasteiger partial charge on any atom is 0.238 e. The van der Waals surface area contributed by atoms with E-state index in [1.807, 2.05) is 24.3 Å². The molecule has 0 bridgehead atoms. The SMILES string of the molecule is COc1cccc(NC(=O)CN2CC(C)NC(C)C2)c1. The van der Waals surface area contributed by atoms with E-state index in [9.17, 15) is 4.79 Å². The Kier molecular flexibility index (Phi) is 4.98. The second-order valence-electron chi connectivity index (χ2n) is 5.44. The zero-order chi connectivity index (χ0) is 14.5. The van der Waals surface area contributed by atoms with E-state index < -0.39 is 0 Å². The number of nitrogens with one attached hydrogen (secondary N) is 2. The summed E-state index contributed by atoms with van der Waals surface area (Å²) in [6.07, 6.45) is 0. The number of hydrogen-bond donors (Lipinski definition) is 2. The van der Waals surface area contributed by atoms with Crippen molar-refractivity contribution < 1.29 is 9.53 Å². The van der Waals surface area contributed by atoms with Crippen LogP contribution in [0.3, 0.4) is 0 Å². The van der Waals surface area contributed by atoms with Gasteiger partial charge in [-0.3, -0.25) is 9.69 Å². The quantitative estimate of drug-likeness (QED) is 0.871. The number of rotatable bonds is 4. The lowest BCUT2D eigenvalue weighted by Crippen LogP contribution is -2.55. The monoisotopic (exact) mass is 277 g/mol. The summed E-state index contributed by atoms with van der Waals surface area (Å²) < 4.78 is 5.14. The molecule has 2 rings (SSSR count). The zero-order valence-electron chi connectivity index (χ0n) is 12.3. The minimum atomic E-state index is 0.0135. The number of carbonyl (C=O) groups excluding carboxylic acids is 1. The van der Waals surface area contributed by atoms with Crippen LogP contribution in [0.5, 0.6) is 5.75 Å². The van der Waals surface area contributed by atoms with Crippen molar-refractivity contribution in [2.24, 2.45) is 0 Å². The van der Waals surface area contributed by atoms with Crippen molar-refractivity contribution in [2.75, 3.05) is 32.1 Å². The number of benzene rings is 1. The van der Waals surface area contributed by atoms with Gasteiger partial charge in [0.25, 0.3) is 0 Å². The standard InChI is InChI=1S/C15H23N3O2/c1-11-8-18(9-12(2)16-11)10-15(19)17-13-5-4-6-14(7-13)20-3/h4-7,11-12,16H,8-10H2,1-3H3,(H,17,19). The van der Waals surface area contributed by atoms with Gasteiger partial charge < -0.3 is 15.4 Å². The maximum atomic E-state index is 12.1. The van der Waals surface area contributed by atoms with Gasteiger partial charge in [-0.25, -0.2) is 0 Å². The van der Waals surface area contributed by atoms with Gasteiger partial charge in [-0.15, -0.1) is 0 Å². The van der Waals surface area contributed by atoms with Crippen LogP contribution in [0.2, 0.25) is 0 Å². The van der Waals surface area contributed by atoms with Gasteiger partial charge in [0.2, 0.25) is 5.91 Å². The summed E-state index contributed by atoms with van der Waals surface area (Å²) >= 11 is 0. The van der Waals surface area contributed by atoms with Gasteiger partial charge >= 0.3 is 0 Å². The summed E-state index contributed by atoms with van der Waals surface area (Å²) in [6, 6.07) is 8.25. The number of piperazine rings is 1. The minimum Gasteiger partial charge on any atom is -0.497 e. The van der Waals surface area contributed by atoms with Crippen LogP contribution in [0.25, 0.3) is 0 Å². The summed E-state index contributed by atoms with van der Waals surface area (Å²) in [4.78, 5) is 14.3. The van der Waals surface area contributed by atoms with E-state index in [2.05, 4.69) is 29.4 Å². The molecular weight excluding hydrogens is 254 g/mol. The Bertz CT molecular complexity index is 454. The fraction of sp³-hybridized carbons (Fsp3) is 0.533. The molecule has 1 aromatic carbocycles. The minimum absolute atomic E-state index is 0.0135. The van der Waals surface area contributed by atoms with E-state index in [0.29, 0.717) is 18.6 Å². The first-order chi connectivity index (χ1) is 9.56. The van der Waals surface area contributed by atoms with E-state index in [4.69, 9.17) is 4.74 Å². The van der Waals surface area contributed by atoms with Crippen molar-refractivity contribution in [1.29, 1.82) is 0 Å². The molecule has 1 aromatic rings. The number of ether oxygens (including phenoxy) is 1. The lowest BCUT2D eigenvalue weighted by atomic mass is 10.1. The van der Waals surface area contributed by atoms with Gasteiger partial charge in [-0.2, -0.15) is 0 Å². The van der Waals surface area contributed by atoms with Gasteiger partial charge in [-0.05, 0) is 26.0 Å². The first-order valence-corrected chi connectivity index (χ1v) is 6.99. The molecule has 0 aliphatic carbocycles. The van der Waals surface area contributed by atoms with Crippen molar-refractivity contribution in [2.45, 2.75) is 25.9 Å². The van der Waals surface area contributed by atoms with Crippen LogP contribution in [0.15, 0.2) is 24.3 Å². The molecule has 2 N–H and O–H groups in total. The molecule has 0 radical (unpaired) electrons. The van der Waals surface area contributed by atoms with Crippen molar-refractivity contribution in [3.63, 3.8) is 0 Å². The number of anilines is 1. The first kappa shape index (κ1) is 14.8. The van der Waals surface area contributed by atoms with Gasteiger partial charge in [-0.1, -0.05) is 6.07 Å². The highest BCUT2D eigenvalue weighted by Gasteiger charge is 2.22. The van der Waals surface area contributed by atoms with Crippen LogP contribution in [0.4, 0.5) is 5.69 Å². The summed E-state index contributed by atoms with van der Waals surface area (Å²) in [5, 5.41) is 6.37. The lowest BCUT2D eigenvalue weighted by Gasteiger charge is -2.35. The molecule has 2 unspecified atom stereocenters. The van der Waals surface area contributed by atoms with E-state index >= 15 is 0 Å². The number of hydrogen-bond acceptors (Lipinski definition) is 4. The third-order valence-corrected chi connectivity index (χ3v) is 3.35. The highest BCUT2D eigenvalue weighted by atomic mass is 16.5. The Morgan fingerprint density at radius 1 is 1.40 bits per heavy atom. The van der Waals surface area contributed by atoms with Gasteiger partial charge in [0.05, 0.1) is 13.7 Å². The molecule has 1 heterocycles. The zero-order valence-corrected chi connectivity index (χ0v) is 12.3. The Balaban J connectivity index is 1.88. The molecule has 5 nitrogen and oxygen atoms in total. The van der Waals surface area contributed by atoms with Crippen molar-refractivity contribution in [1.82, 2.24) is 10.2 Å². The van der Waals surface area contributed by atoms with E-state index in [1.165, 1.54) is 0 Å². The molecule has 110 valence electrons. The molecule has 1 fully saturated rings. The van der Waals surface area contributed by atoms with Crippen molar-refractivity contribution >= 4 is 11.6 Å². The average molecular weight is 277 g/mol. The molecule has 0 spiro atoms. The number of amides is 1. The van der Waals surface area contributed by atoms with E-state index in [1.54, 1.807) is 7.11 Å². The van der Waals surface area contributed by atoms with Gasteiger partial charge in [0.1, 0.15) is 5.75 Å². The van der Waals surface area contributed by atoms with Gasteiger partial charge in [0, 0.05) is 36.9 Å². The summed E-state index contributed by atoms with van der Waals surface area (Å²) in [5.74, 6) is 0.756. The maximum absolute atomic E-state index is 12.1. The van der Waals surface area contributed by atoms with Crippen molar-refractivity contribution in [3.05, 3.63) is 24.3 Å². The molecule has 0 aromatic heterocycles. The topological polar surface area (TPSA) is 53.6 Å². The average Bonchev–Trinajstić information content (AvgIpc) is 2.37. The fourth-order valence-electron chi connectivity index (χ4n) is 2.67. The van der Waals surface area contributed by atoms with Crippen LogP contribution >= 0.6 is 0 Å². The van der Waals surface area contributed by atoms with Gasteiger partial charge in [0.15, 0.2) is 0 Å². The van der Waals surface area contributed by atoms with Crippen LogP contribution in [-0.4, -0.2) is 49.6 Å². The fourth-order valence-corrected chi connectivity index (χ4v) is 2.67. The summed E-state index contributed by atoms with van der Waals surface area (Å²) in [5.41, 5.74) is 0.769. The second-order valence-corrected chi connectivity index (χ2v) is 5.44. The molecule has 20 heavy (non-hydrogen) atoms. The molecule has 0 saturated carbocycles. The molecular formula is C15H23N3O2. The van der Waals surface area contributed by atoms with Crippen LogP contribution < -0.4 is 15.4 Å². The van der Waals surface area contributed by atoms with Crippen LogP contribution in [-0.2, 0) is 4.79 Å². The number of methoxy groups -OCH3 is 1. The molecule has 1 aliphatic heterocycles. The lowest BCUT2D eigenvalue weighted by molar-refractivity contribution is -0.117. The molecule has 5 heteroatoms. The van der Waals surface area contributed by atoms with Crippen molar-refractivity contribution in [3.8, 4) is 5.75 Å². The third-order valence-electron chi connectivity index (χ3n) is 3.35. The molecule has 1 aliphatic rings. The smallest absolute Gasteiger partial charge is 0.238 e. The number of nitrogens with zero attached hydrogens (tertiary/aromatic N) is 1. The Hall–Kier alpha value is -1.59. The molecule has 1 saturated heterocycles. The summed E-state index contributed by atoms with van der Waals surface area (Å²) in [6.45, 7) is 6.50. The highest BCUT2D eigenvalue weighted by Crippen LogP contribution is 2.16. The second kappa shape index (κ2) is 6.72. The molecule has 2 atom stereocenters. The Labute approximate surface area is 120 Å². The van der Waals surface area contributed by atoms with Crippen LogP contribution in [0, 0.1) is 0 Å². The largest absolute Gasteiger partial charge is 0.497 e.